The van der Waals surface area contributed by atoms with Crippen LogP contribution in [-0.4, -0.2) is 23.7 Å². The molecule has 1 aromatic carbocycles. The van der Waals surface area contributed by atoms with Gasteiger partial charge in [0.15, 0.2) is 0 Å². The van der Waals surface area contributed by atoms with Crippen molar-refractivity contribution >= 4 is 23.0 Å². The first kappa shape index (κ1) is 15.7. The highest BCUT2D eigenvalue weighted by molar-refractivity contribution is 6.32. The number of anilines is 1. The maximum absolute atomic E-state index is 10.7. The van der Waals surface area contributed by atoms with Crippen LogP contribution in [0.5, 0.6) is 0 Å². The first-order valence-corrected chi connectivity index (χ1v) is 6.38. The molecule has 1 unspecified atom stereocenters. The van der Waals surface area contributed by atoms with Crippen LogP contribution in [0.25, 0.3) is 0 Å². The summed E-state index contributed by atoms with van der Waals surface area (Å²) in [6.07, 6.45) is 0.804. The van der Waals surface area contributed by atoms with Gasteiger partial charge in [-0.1, -0.05) is 11.6 Å². The maximum Gasteiger partial charge on any atom is 0.288 e. The number of nitro groups is 1. The molecular formula is C13H19ClN2O3. The standard InChI is InChI=1S/C13H19ClN2O3/c1-9(8-13(2,3)19-4)15-10-5-6-12(16(17)18)11(14)7-10/h5-7,9,15H,8H2,1-4H3. The smallest absolute Gasteiger partial charge is 0.288 e. The zero-order valence-electron chi connectivity index (χ0n) is 11.6. The van der Waals surface area contributed by atoms with Gasteiger partial charge in [0.05, 0.1) is 10.5 Å². The van der Waals surface area contributed by atoms with Crippen molar-refractivity contribution in [2.75, 3.05) is 12.4 Å². The molecule has 1 N–H and O–H groups in total. The van der Waals surface area contributed by atoms with Gasteiger partial charge in [-0.2, -0.15) is 0 Å². The molecule has 0 radical (unpaired) electrons. The van der Waals surface area contributed by atoms with E-state index in [1.54, 1.807) is 19.2 Å². The summed E-state index contributed by atoms with van der Waals surface area (Å²) in [6.45, 7) is 6.04. The van der Waals surface area contributed by atoms with Crippen LogP contribution in [0.3, 0.4) is 0 Å². The number of nitrogens with zero attached hydrogens (tertiary/aromatic N) is 1. The summed E-state index contributed by atoms with van der Waals surface area (Å²) in [5, 5.41) is 14.1. The Balaban J connectivity index is 2.73. The Hall–Kier alpha value is -1.33. The number of benzene rings is 1. The molecule has 6 heteroatoms. The molecule has 5 nitrogen and oxygen atoms in total. The molecule has 0 bridgehead atoms. The van der Waals surface area contributed by atoms with E-state index in [4.69, 9.17) is 16.3 Å². The number of halogens is 1. The van der Waals surface area contributed by atoms with Crippen LogP contribution >= 0.6 is 11.6 Å². The maximum atomic E-state index is 10.7. The van der Waals surface area contributed by atoms with Crippen LogP contribution < -0.4 is 5.32 Å². The molecule has 0 aliphatic carbocycles. The van der Waals surface area contributed by atoms with Gasteiger partial charge in [0.25, 0.3) is 5.69 Å². The Morgan fingerprint density at radius 2 is 2.16 bits per heavy atom. The van der Waals surface area contributed by atoms with Gasteiger partial charge in [-0.05, 0) is 39.3 Å². The van der Waals surface area contributed by atoms with Crippen molar-refractivity contribution in [3.63, 3.8) is 0 Å². The zero-order valence-corrected chi connectivity index (χ0v) is 12.3. The second-order valence-electron chi connectivity index (χ2n) is 5.14. The van der Waals surface area contributed by atoms with Gasteiger partial charge < -0.3 is 10.1 Å². The Morgan fingerprint density at radius 3 is 2.63 bits per heavy atom. The van der Waals surface area contributed by atoms with E-state index in [1.165, 1.54) is 6.07 Å². The van der Waals surface area contributed by atoms with Gasteiger partial charge in [-0.25, -0.2) is 0 Å². The molecule has 19 heavy (non-hydrogen) atoms. The van der Waals surface area contributed by atoms with Crippen LogP contribution in [0.1, 0.15) is 27.2 Å². The van der Waals surface area contributed by atoms with Crippen molar-refractivity contribution in [3.05, 3.63) is 33.3 Å². The lowest BCUT2D eigenvalue weighted by atomic mass is 10.00. The fourth-order valence-corrected chi connectivity index (χ4v) is 2.15. The summed E-state index contributed by atoms with van der Waals surface area (Å²) in [7, 11) is 1.68. The number of hydrogen-bond acceptors (Lipinski definition) is 4. The molecular weight excluding hydrogens is 268 g/mol. The predicted octanol–water partition coefficient (Wildman–Crippen LogP) is 3.86. The van der Waals surface area contributed by atoms with Crippen molar-refractivity contribution < 1.29 is 9.66 Å². The van der Waals surface area contributed by atoms with Crippen LogP contribution in [0.2, 0.25) is 5.02 Å². The summed E-state index contributed by atoms with van der Waals surface area (Å²) < 4.78 is 5.36. The second-order valence-corrected chi connectivity index (χ2v) is 5.54. The Bertz CT molecular complexity index is 463. The summed E-state index contributed by atoms with van der Waals surface area (Å²) in [4.78, 5) is 10.2. The Morgan fingerprint density at radius 1 is 1.53 bits per heavy atom. The number of ether oxygens (including phenoxy) is 1. The lowest BCUT2D eigenvalue weighted by Gasteiger charge is -2.27. The monoisotopic (exact) mass is 286 g/mol. The Kier molecular flexibility index (Phi) is 5.14. The molecule has 1 rings (SSSR count). The minimum atomic E-state index is -0.496. The first-order chi connectivity index (χ1) is 8.75. The van der Waals surface area contributed by atoms with Crippen LogP contribution in [0.4, 0.5) is 11.4 Å². The van der Waals surface area contributed by atoms with E-state index in [-0.39, 0.29) is 22.4 Å². The van der Waals surface area contributed by atoms with Crippen molar-refractivity contribution in [3.8, 4) is 0 Å². The fraction of sp³-hybridized carbons (Fsp3) is 0.538. The summed E-state index contributed by atoms with van der Waals surface area (Å²) in [6, 6.07) is 4.78. The minimum absolute atomic E-state index is 0.0860. The van der Waals surface area contributed by atoms with Crippen LogP contribution in [0, 0.1) is 10.1 Å². The highest BCUT2D eigenvalue weighted by atomic mass is 35.5. The van der Waals surface area contributed by atoms with E-state index >= 15 is 0 Å². The number of nitrogens with one attached hydrogen (secondary N) is 1. The quantitative estimate of drug-likeness (QED) is 0.637. The highest BCUT2D eigenvalue weighted by Crippen LogP contribution is 2.28. The third kappa shape index (κ3) is 4.69. The van der Waals surface area contributed by atoms with Gasteiger partial charge in [0, 0.05) is 24.9 Å². The molecule has 0 spiro atoms. The van der Waals surface area contributed by atoms with Gasteiger partial charge in [0.1, 0.15) is 5.02 Å². The molecule has 0 amide bonds. The summed E-state index contributed by atoms with van der Waals surface area (Å²) in [5.41, 5.74) is 0.448. The van der Waals surface area contributed by atoms with Gasteiger partial charge in [-0.15, -0.1) is 0 Å². The second kappa shape index (κ2) is 6.21. The van der Waals surface area contributed by atoms with Gasteiger partial charge in [0.2, 0.25) is 0 Å². The largest absolute Gasteiger partial charge is 0.382 e. The van der Waals surface area contributed by atoms with E-state index in [9.17, 15) is 10.1 Å². The van der Waals surface area contributed by atoms with Crippen LogP contribution in [-0.2, 0) is 4.74 Å². The van der Waals surface area contributed by atoms with Crippen molar-refractivity contribution in [2.45, 2.75) is 38.8 Å². The number of methoxy groups -OCH3 is 1. The highest BCUT2D eigenvalue weighted by Gasteiger charge is 2.20. The van der Waals surface area contributed by atoms with Crippen molar-refractivity contribution in [2.24, 2.45) is 0 Å². The summed E-state index contributed by atoms with van der Waals surface area (Å²) in [5.74, 6) is 0. The average Bonchev–Trinajstić information content (AvgIpc) is 2.27. The molecule has 0 aliphatic heterocycles. The van der Waals surface area contributed by atoms with Crippen molar-refractivity contribution in [1.29, 1.82) is 0 Å². The normalized spacial score (nSPS) is 13.1. The van der Waals surface area contributed by atoms with E-state index in [1.807, 2.05) is 20.8 Å². The third-order valence-electron chi connectivity index (χ3n) is 2.91. The van der Waals surface area contributed by atoms with Crippen LogP contribution in [0.15, 0.2) is 18.2 Å². The van der Waals surface area contributed by atoms with E-state index in [0.717, 1.165) is 12.1 Å². The Labute approximate surface area is 118 Å². The first-order valence-electron chi connectivity index (χ1n) is 6.01. The van der Waals surface area contributed by atoms with Gasteiger partial charge in [-0.3, -0.25) is 10.1 Å². The molecule has 106 valence electrons. The molecule has 0 aromatic heterocycles. The number of rotatable bonds is 6. The minimum Gasteiger partial charge on any atom is -0.382 e. The molecule has 0 saturated heterocycles. The average molecular weight is 287 g/mol. The lowest BCUT2D eigenvalue weighted by Crippen LogP contribution is -2.31. The molecule has 1 aromatic rings. The molecule has 0 aliphatic rings. The van der Waals surface area contributed by atoms with E-state index < -0.39 is 4.92 Å². The zero-order chi connectivity index (χ0) is 14.6. The predicted molar refractivity (Wildman–Crippen MR) is 76.9 cm³/mol. The topological polar surface area (TPSA) is 64.4 Å². The van der Waals surface area contributed by atoms with E-state index in [2.05, 4.69) is 5.32 Å². The third-order valence-corrected chi connectivity index (χ3v) is 3.21. The molecule has 0 heterocycles. The lowest BCUT2D eigenvalue weighted by molar-refractivity contribution is -0.384. The van der Waals surface area contributed by atoms with Crippen molar-refractivity contribution in [1.82, 2.24) is 0 Å². The molecule has 1 atom stereocenters. The summed E-state index contributed by atoms with van der Waals surface area (Å²) >= 11 is 5.86. The fourth-order valence-electron chi connectivity index (χ4n) is 1.90. The molecule has 0 saturated carbocycles. The SMILES string of the molecule is COC(C)(C)CC(C)Nc1ccc([N+](=O)[O-])c(Cl)c1. The van der Waals surface area contributed by atoms with Gasteiger partial charge >= 0.3 is 0 Å². The molecule has 0 fully saturated rings. The van der Waals surface area contributed by atoms with E-state index in [0.29, 0.717) is 0 Å². The number of nitro benzene ring substituents is 1. The number of hydrogen-bond donors (Lipinski definition) is 1.